The van der Waals surface area contributed by atoms with Crippen molar-refractivity contribution in [1.82, 2.24) is 4.57 Å². The van der Waals surface area contributed by atoms with Crippen molar-refractivity contribution in [2.75, 3.05) is 20.0 Å². The van der Waals surface area contributed by atoms with Gasteiger partial charge in [-0.1, -0.05) is 0 Å². The van der Waals surface area contributed by atoms with Crippen molar-refractivity contribution in [2.45, 2.75) is 0 Å². The molecule has 0 fully saturated rings. The Morgan fingerprint density at radius 3 is 2.48 bits per heavy atom. The number of esters is 2. The first kappa shape index (κ1) is 16.0. The van der Waals surface area contributed by atoms with Gasteiger partial charge in [0.2, 0.25) is 0 Å². The van der Waals surface area contributed by atoms with E-state index in [1.54, 1.807) is 0 Å². The monoisotopic (exact) mass is 317 g/mol. The van der Waals surface area contributed by atoms with Crippen LogP contribution in [0, 0.1) is 17.1 Å². The molecular weight excluding hydrogens is 305 g/mol. The SMILES string of the molecule is COC(=O)c1cc(-n2cc(C#N)c(N)c2C(=O)OC)ccc1F. The minimum absolute atomic E-state index is 0.0503. The van der Waals surface area contributed by atoms with E-state index in [1.165, 1.54) is 22.9 Å². The van der Waals surface area contributed by atoms with E-state index >= 15 is 0 Å². The van der Waals surface area contributed by atoms with Gasteiger partial charge in [0.15, 0.2) is 5.69 Å². The van der Waals surface area contributed by atoms with Crippen LogP contribution in [0.25, 0.3) is 5.69 Å². The number of ether oxygens (including phenoxy) is 2. The van der Waals surface area contributed by atoms with Gasteiger partial charge < -0.3 is 19.8 Å². The van der Waals surface area contributed by atoms with Crippen LogP contribution in [0.2, 0.25) is 0 Å². The normalized spacial score (nSPS) is 10.0. The number of carbonyl (C=O) groups excluding carboxylic acids is 2. The van der Waals surface area contributed by atoms with Gasteiger partial charge in [0, 0.05) is 11.9 Å². The maximum absolute atomic E-state index is 13.7. The lowest BCUT2D eigenvalue weighted by molar-refractivity contribution is 0.0586. The van der Waals surface area contributed by atoms with Crippen molar-refractivity contribution >= 4 is 17.6 Å². The fourth-order valence-electron chi connectivity index (χ4n) is 2.05. The second-order valence-corrected chi connectivity index (χ2v) is 4.43. The molecule has 0 amide bonds. The number of anilines is 1. The molecule has 0 aliphatic carbocycles. The van der Waals surface area contributed by atoms with Crippen LogP contribution in [0.4, 0.5) is 10.1 Å². The summed E-state index contributed by atoms with van der Waals surface area (Å²) in [5, 5.41) is 9.05. The molecule has 2 aromatic rings. The molecule has 0 spiro atoms. The summed E-state index contributed by atoms with van der Waals surface area (Å²) in [6.07, 6.45) is 1.30. The van der Waals surface area contributed by atoms with Crippen LogP contribution in [0.3, 0.4) is 0 Å². The molecule has 0 saturated carbocycles. The van der Waals surface area contributed by atoms with Gasteiger partial charge in [-0.2, -0.15) is 5.26 Å². The maximum Gasteiger partial charge on any atom is 0.357 e. The van der Waals surface area contributed by atoms with Crippen molar-refractivity contribution in [2.24, 2.45) is 0 Å². The first-order valence-corrected chi connectivity index (χ1v) is 6.32. The highest BCUT2D eigenvalue weighted by Crippen LogP contribution is 2.26. The van der Waals surface area contributed by atoms with Crippen molar-refractivity contribution in [3.63, 3.8) is 0 Å². The minimum Gasteiger partial charge on any atom is -0.465 e. The standard InChI is InChI=1S/C15H12FN3O4/c1-22-14(20)10-5-9(3-4-11(10)16)19-7-8(6-17)12(18)13(19)15(21)23-2/h3-5,7H,18H2,1-2H3. The van der Waals surface area contributed by atoms with E-state index in [4.69, 9.17) is 11.0 Å². The second kappa shape index (κ2) is 6.19. The number of carbonyl (C=O) groups is 2. The molecule has 0 unspecified atom stereocenters. The molecule has 118 valence electrons. The summed E-state index contributed by atoms with van der Waals surface area (Å²) in [4.78, 5) is 23.5. The number of halogens is 1. The van der Waals surface area contributed by atoms with Crippen molar-refractivity contribution in [1.29, 1.82) is 5.26 Å². The van der Waals surface area contributed by atoms with Crippen molar-refractivity contribution in [3.8, 4) is 11.8 Å². The number of hydrogen-bond acceptors (Lipinski definition) is 6. The largest absolute Gasteiger partial charge is 0.465 e. The van der Waals surface area contributed by atoms with Crippen LogP contribution >= 0.6 is 0 Å². The second-order valence-electron chi connectivity index (χ2n) is 4.43. The third kappa shape index (κ3) is 2.72. The lowest BCUT2D eigenvalue weighted by atomic mass is 10.2. The molecule has 1 aromatic heterocycles. The zero-order valence-electron chi connectivity index (χ0n) is 12.3. The molecule has 1 heterocycles. The van der Waals surface area contributed by atoms with E-state index in [2.05, 4.69) is 9.47 Å². The summed E-state index contributed by atoms with van der Waals surface area (Å²) >= 11 is 0. The van der Waals surface area contributed by atoms with E-state index in [0.717, 1.165) is 20.3 Å². The zero-order valence-corrected chi connectivity index (χ0v) is 12.3. The predicted octanol–water partition coefficient (Wildman–Crippen LogP) is 1.64. The summed E-state index contributed by atoms with van der Waals surface area (Å²) in [7, 11) is 2.28. The lowest BCUT2D eigenvalue weighted by Crippen LogP contribution is -2.12. The molecule has 1 aromatic carbocycles. The average molecular weight is 317 g/mol. The van der Waals surface area contributed by atoms with Gasteiger partial charge in [0.25, 0.3) is 0 Å². The number of rotatable bonds is 3. The lowest BCUT2D eigenvalue weighted by Gasteiger charge is -2.10. The molecule has 2 rings (SSSR count). The molecule has 0 aliphatic rings. The Balaban J connectivity index is 2.70. The topological polar surface area (TPSA) is 107 Å². The summed E-state index contributed by atoms with van der Waals surface area (Å²) in [5.74, 6) is -2.42. The maximum atomic E-state index is 13.7. The molecule has 0 bridgehead atoms. The highest BCUT2D eigenvalue weighted by atomic mass is 19.1. The average Bonchev–Trinajstić information content (AvgIpc) is 2.90. The van der Waals surface area contributed by atoms with Gasteiger partial charge in [-0.3, -0.25) is 0 Å². The first-order chi connectivity index (χ1) is 10.9. The van der Waals surface area contributed by atoms with E-state index in [-0.39, 0.29) is 28.2 Å². The Kier molecular flexibility index (Phi) is 4.32. The third-order valence-electron chi connectivity index (χ3n) is 3.18. The van der Waals surface area contributed by atoms with Crippen LogP contribution in [-0.4, -0.2) is 30.7 Å². The van der Waals surface area contributed by atoms with Gasteiger partial charge in [0.1, 0.15) is 11.9 Å². The van der Waals surface area contributed by atoms with Crippen LogP contribution < -0.4 is 5.73 Å². The summed E-state index contributed by atoms with van der Waals surface area (Å²) < 4.78 is 24.1. The Labute approximate surface area is 130 Å². The summed E-state index contributed by atoms with van der Waals surface area (Å²) in [6.45, 7) is 0. The third-order valence-corrected chi connectivity index (χ3v) is 3.18. The molecule has 2 N–H and O–H groups in total. The Hall–Kier alpha value is -3.34. The number of hydrogen-bond donors (Lipinski definition) is 1. The number of methoxy groups -OCH3 is 2. The van der Waals surface area contributed by atoms with Crippen molar-refractivity contribution in [3.05, 3.63) is 47.0 Å². The number of nitriles is 1. The molecule has 0 radical (unpaired) electrons. The molecule has 23 heavy (non-hydrogen) atoms. The van der Waals surface area contributed by atoms with Gasteiger partial charge in [-0.25, -0.2) is 14.0 Å². The Morgan fingerprint density at radius 2 is 1.91 bits per heavy atom. The van der Waals surface area contributed by atoms with Gasteiger partial charge >= 0.3 is 11.9 Å². The van der Waals surface area contributed by atoms with Crippen LogP contribution in [-0.2, 0) is 9.47 Å². The number of nitrogens with zero attached hydrogens (tertiary/aromatic N) is 2. The van der Waals surface area contributed by atoms with Crippen molar-refractivity contribution < 1.29 is 23.5 Å². The molecule has 8 heteroatoms. The zero-order chi connectivity index (χ0) is 17.1. The molecular formula is C15H12FN3O4. The van der Waals surface area contributed by atoms with E-state index in [1.807, 2.05) is 6.07 Å². The minimum atomic E-state index is -0.871. The highest BCUT2D eigenvalue weighted by molar-refractivity contribution is 5.96. The highest BCUT2D eigenvalue weighted by Gasteiger charge is 2.23. The van der Waals surface area contributed by atoms with E-state index in [0.29, 0.717) is 0 Å². The fraction of sp³-hybridized carbons (Fsp3) is 0.133. The van der Waals surface area contributed by atoms with E-state index in [9.17, 15) is 14.0 Å². The van der Waals surface area contributed by atoms with Crippen LogP contribution in [0.15, 0.2) is 24.4 Å². The predicted molar refractivity (Wildman–Crippen MR) is 77.5 cm³/mol. The molecule has 0 aliphatic heterocycles. The molecule has 0 atom stereocenters. The van der Waals surface area contributed by atoms with Crippen LogP contribution in [0.5, 0.6) is 0 Å². The fourth-order valence-corrected chi connectivity index (χ4v) is 2.05. The van der Waals surface area contributed by atoms with E-state index < -0.39 is 17.8 Å². The van der Waals surface area contributed by atoms with Gasteiger partial charge in [0.05, 0.1) is 31.0 Å². The Bertz CT molecular complexity index is 836. The number of nitrogens with two attached hydrogens (primary N) is 1. The summed E-state index contributed by atoms with van der Waals surface area (Å²) in [6, 6.07) is 5.41. The molecule has 7 nitrogen and oxygen atoms in total. The number of nitrogen functional groups attached to an aromatic ring is 1. The van der Waals surface area contributed by atoms with Gasteiger partial charge in [-0.15, -0.1) is 0 Å². The number of aromatic nitrogens is 1. The Morgan fingerprint density at radius 1 is 1.26 bits per heavy atom. The first-order valence-electron chi connectivity index (χ1n) is 6.32. The quantitative estimate of drug-likeness (QED) is 0.862. The van der Waals surface area contributed by atoms with Gasteiger partial charge in [-0.05, 0) is 18.2 Å². The summed E-state index contributed by atoms with van der Waals surface area (Å²) in [5.41, 5.74) is 5.60. The number of benzene rings is 1. The smallest absolute Gasteiger partial charge is 0.357 e. The van der Waals surface area contributed by atoms with Crippen LogP contribution in [0.1, 0.15) is 26.4 Å². The molecule has 0 saturated heterocycles.